The number of hydrogen-bond donors (Lipinski definition) is 1. The Kier molecular flexibility index (Phi) is 5.11. The Bertz CT molecular complexity index is 680. The van der Waals surface area contributed by atoms with Gasteiger partial charge in [-0.15, -0.1) is 0 Å². The van der Waals surface area contributed by atoms with E-state index in [-0.39, 0.29) is 12.5 Å². The highest BCUT2D eigenvalue weighted by molar-refractivity contribution is 6.34. The molecule has 0 aromatic heterocycles. The normalized spacial score (nSPS) is 14.5. The lowest BCUT2D eigenvalue weighted by Crippen LogP contribution is -2.50. The number of ether oxygens (including phenoxy) is 1. The number of anilines is 2. The van der Waals surface area contributed by atoms with E-state index in [0.29, 0.717) is 42.6 Å². The van der Waals surface area contributed by atoms with E-state index in [4.69, 9.17) is 22.1 Å². The number of carbonyl (C=O) groups excluding carboxylic acids is 1. The first-order chi connectivity index (χ1) is 11.6. The number of piperazine rings is 1. The number of amides is 1. The number of halogens is 1. The maximum Gasteiger partial charge on any atom is 0.260 e. The van der Waals surface area contributed by atoms with E-state index in [1.807, 2.05) is 53.4 Å². The van der Waals surface area contributed by atoms with Gasteiger partial charge >= 0.3 is 0 Å². The summed E-state index contributed by atoms with van der Waals surface area (Å²) in [6.45, 7) is 2.71. The van der Waals surface area contributed by atoms with Crippen molar-refractivity contribution >= 4 is 28.9 Å². The molecule has 1 aliphatic heterocycles. The van der Waals surface area contributed by atoms with Crippen LogP contribution in [0.4, 0.5) is 11.4 Å². The minimum Gasteiger partial charge on any atom is -0.484 e. The van der Waals surface area contributed by atoms with Gasteiger partial charge in [0, 0.05) is 26.2 Å². The summed E-state index contributed by atoms with van der Waals surface area (Å²) in [6.07, 6.45) is 0. The molecule has 126 valence electrons. The predicted molar refractivity (Wildman–Crippen MR) is 96.6 cm³/mol. The number of para-hydroxylation sites is 2. The highest BCUT2D eigenvalue weighted by atomic mass is 35.5. The fourth-order valence-electron chi connectivity index (χ4n) is 2.80. The number of benzene rings is 2. The molecule has 0 bridgehead atoms. The number of nitrogens with zero attached hydrogens (tertiary/aromatic N) is 2. The molecule has 0 atom stereocenters. The van der Waals surface area contributed by atoms with Crippen molar-refractivity contribution < 1.29 is 9.53 Å². The monoisotopic (exact) mass is 345 g/mol. The van der Waals surface area contributed by atoms with Gasteiger partial charge in [0.1, 0.15) is 5.75 Å². The number of nitrogen functional groups attached to an aromatic ring is 1. The van der Waals surface area contributed by atoms with Crippen molar-refractivity contribution in [2.75, 3.05) is 43.4 Å². The molecule has 0 saturated carbocycles. The van der Waals surface area contributed by atoms with Gasteiger partial charge in [-0.25, -0.2) is 0 Å². The summed E-state index contributed by atoms with van der Waals surface area (Å²) in [4.78, 5) is 16.2. The summed E-state index contributed by atoms with van der Waals surface area (Å²) in [7, 11) is 0. The molecule has 1 heterocycles. The van der Waals surface area contributed by atoms with Crippen molar-refractivity contribution in [2.45, 2.75) is 0 Å². The molecule has 0 unspecified atom stereocenters. The molecular weight excluding hydrogens is 326 g/mol. The summed E-state index contributed by atoms with van der Waals surface area (Å²) >= 11 is 6.26. The topological polar surface area (TPSA) is 58.8 Å². The second-order valence-corrected chi connectivity index (χ2v) is 6.05. The molecule has 0 aliphatic carbocycles. The predicted octanol–water partition coefficient (Wildman–Crippen LogP) is 2.65. The minimum absolute atomic E-state index is 0.00867. The lowest BCUT2D eigenvalue weighted by atomic mass is 10.2. The molecule has 0 radical (unpaired) electrons. The van der Waals surface area contributed by atoms with Gasteiger partial charge in [0.2, 0.25) is 0 Å². The third-order valence-corrected chi connectivity index (χ3v) is 4.38. The first-order valence-corrected chi connectivity index (χ1v) is 8.27. The smallest absolute Gasteiger partial charge is 0.260 e. The molecule has 24 heavy (non-hydrogen) atoms. The average molecular weight is 346 g/mol. The van der Waals surface area contributed by atoms with Crippen molar-refractivity contribution in [3.05, 3.63) is 53.6 Å². The number of hydrogen-bond acceptors (Lipinski definition) is 4. The van der Waals surface area contributed by atoms with E-state index in [9.17, 15) is 4.79 Å². The van der Waals surface area contributed by atoms with Crippen LogP contribution in [0.1, 0.15) is 0 Å². The third kappa shape index (κ3) is 3.74. The first kappa shape index (κ1) is 16.5. The second-order valence-electron chi connectivity index (χ2n) is 5.65. The van der Waals surface area contributed by atoms with Crippen LogP contribution in [0.5, 0.6) is 5.75 Å². The van der Waals surface area contributed by atoms with Crippen molar-refractivity contribution in [2.24, 2.45) is 0 Å². The van der Waals surface area contributed by atoms with Gasteiger partial charge in [0.05, 0.1) is 16.4 Å². The molecule has 5 nitrogen and oxygen atoms in total. The highest BCUT2D eigenvalue weighted by Crippen LogP contribution is 2.32. The molecule has 0 spiro atoms. The fourth-order valence-corrected chi connectivity index (χ4v) is 3.10. The molecule has 1 aliphatic rings. The zero-order chi connectivity index (χ0) is 16.9. The van der Waals surface area contributed by atoms with Gasteiger partial charge in [0.15, 0.2) is 6.61 Å². The summed E-state index contributed by atoms with van der Waals surface area (Å²) in [6, 6.07) is 14.9. The number of carbonyl (C=O) groups is 1. The Balaban J connectivity index is 1.54. The van der Waals surface area contributed by atoms with E-state index >= 15 is 0 Å². The Hall–Kier alpha value is -2.40. The van der Waals surface area contributed by atoms with Crippen LogP contribution in [-0.2, 0) is 4.79 Å². The number of rotatable bonds is 4. The fraction of sp³-hybridized carbons (Fsp3) is 0.278. The van der Waals surface area contributed by atoms with Crippen molar-refractivity contribution in [3.8, 4) is 5.75 Å². The van der Waals surface area contributed by atoms with Crippen molar-refractivity contribution in [1.29, 1.82) is 0 Å². The maximum atomic E-state index is 12.3. The zero-order valence-corrected chi connectivity index (χ0v) is 14.1. The van der Waals surface area contributed by atoms with Gasteiger partial charge < -0.3 is 20.3 Å². The SMILES string of the molecule is Nc1cccc(Cl)c1N1CCN(C(=O)COc2ccccc2)CC1. The number of nitrogens with two attached hydrogens (primary N) is 1. The molecule has 1 saturated heterocycles. The largest absolute Gasteiger partial charge is 0.484 e. The van der Waals surface area contributed by atoms with Crippen LogP contribution in [0, 0.1) is 0 Å². The Morgan fingerprint density at radius 2 is 1.75 bits per heavy atom. The summed E-state index contributed by atoms with van der Waals surface area (Å²) in [5, 5.41) is 0.641. The standard InChI is InChI=1S/C18H20ClN3O2/c19-15-7-4-8-16(20)18(15)22-11-9-21(10-12-22)17(23)13-24-14-5-2-1-3-6-14/h1-8H,9-13,20H2. The average Bonchev–Trinajstić information content (AvgIpc) is 2.61. The Morgan fingerprint density at radius 1 is 1.04 bits per heavy atom. The van der Waals surface area contributed by atoms with Crippen molar-refractivity contribution in [1.82, 2.24) is 4.90 Å². The van der Waals surface area contributed by atoms with E-state index in [1.54, 1.807) is 0 Å². The van der Waals surface area contributed by atoms with Gasteiger partial charge in [-0.05, 0) is 24.3 Å². The van der Waals surface area contributed by atoms with Crippen LogP contribution in [0.3, 0.4) is 0 Å². The van der Waals surface area contributed by atoms with Gasteiger partial charge in [-0.1, -0.05) is 35.9 Å². The lowest BCUT2D eigenvalue weighted by molar-refractivity contribution is -0.133. The minimum atomic E-state index is -0.00867. The summed E-state index contributed by atoms with van der Waals surface area (Å²) in [5.74, 6) is 0.693. The third-order valence-electron chi connectivity index (χ3n) is 4.07. The van der Waals surface area contributed by atoms with Crippen LogP contribution in [0.2, 0.25) is 5.02 Å². The van der Waals surface area contributed by atoms with E-state index in [0.717, 1.165) is 5.69 Å². The first-order valence-electron chi connectivity index (χ1n) is 7.89. The zero-order valence-electron chi connectivity index (χ0n) is 13.3. The van der Waals surface area contributed by atoms with Gasteiger partial charge in [-0.3, -0.25) is 4.79 Å². The van der Waals surface area contributed by atoms with Crippen molar-refractivity contribution in [3.63, 3.8) is 0 Å². The molecule has 1 fully saturated rings. The summed E-state index contributed by atoms with van der Waals surface area (Å²) in [5.41, 5.74) is 7.55. The van der Waals surface area contributed by atoms with E-state index < -0.39 is 0 Å². The van der Waals surface area contributed by atoms with E-state index in [1.165, 1.54) is 0 Å². The van der Waals surface area contributed by atoms with Crippen LogP contribution in [0.15, 0.2) is 48.5 Å². The molecule has 2 N–H and O–H groups in total. The van der Waals surface area contributed by atoms with Gasteiger partial charge in [-0.2, -0.15) is 0 Å². The molecule has 6 heteroatoms. The highest BCUT2D eigenvalue weighted by Gasteiger charge is 2.23. The molecule has 2 aromatic carbocycles. The second kappa shape index (κ2) is 7.45. The van der Waals surface area contributed by atoms with E-state index in [2.05, 4.69) is 4.90 Å². The van der Waals surface area contributed by atoms with Crippen LogP contribution in [-0.4, -0.2) is 43.6 Å². The molecular formula is C18H20ClN3O2. The molecule has 1 amide bonds. The summed E-state index contributed by atoms with van der Waals surface area (Å²) < 4.78 is 5.52. The lowest BCUT2D eigenvalue weighted by Gasteiger charge is -2.36. The van der Waals surface area contributed by atoms with Crippen LogP contribution >= 0.6 is 11.6 Å². The Labute approximate surface area is 146 Å². The maximum absolute atomic E-state index is 12.3. The molecule has 2 aromatic rings. The van der Waals surface area contributed by atoms with Gasteiger partial charge in [0.25, 0.3) is 5.91 Å². The Morgan fingerprint density at radius 3 is 2.42 bits per heavy atom. The van der Waals surface area contributed by atoms with Crippen LogP contribution < -0.4 is 15.4 Å². The van der Waals surface area contributed by atoms with Crippen LogP contribution in [0.25, 0.3) is 0 Å². The molecule has 3 rings (SSSR count). The quantitative estimate of drug-likeness (QED) is 0.865.